The Balaban J connectivity index is 1.28. The molecule has 0 atom stereocenters. The molecule has 182 valence electrons. The minimum absolute atomic E-state index is 0.000344. The predicted octanol–water partition coefficient (Wildman–Crippen LogP) is 5.79. The van der Waals surface area contributed by atoms with Gasteiger partial charge in [-0.05, 0) is 43.5 Å². The van der Waals surface area contributed by atoms with Gasteiger partial charge < -0.3 is 10.1 Å². The van der Waals surface area contributed by atoms with Gasteiger partial charge in [0.05, 0.1) is 15.7 Å². The van der Waals surface area contributed by atoms with Crippen LogP contribution >= 0.6 is 34.8 Å². The number of ether oxygens (including phenoxy) is 1. The SMILES string of the molecule is O=C(NCCCn1nc(C(F)(F)F)c(Cl)c1C1CC1)c1ccn(COc2ccc(Cl)cc2Cl)n1. The lowest BCUT2D eigenvalue weighted by atomic mass is 10.2. The molecule has 0 spiro atoms. The summed E-state index contributed by atoms with van der Waals surface area (Å²) in [6.45, 7) is 0.456. The Morgan fingerprint density at radius 3 is 2.62 bits per heavy atom. The van der Waals surface area contributed by atoms with E-state index in [0.29, 0.717) is 27.9 Å². The van der Waals surface area contributed by atoms with Gasteiger partial charge in [0.2, 0.25) is 0 Å². The van der Waals surface area contributed by atoms with Crippen LogP contribution in [0.2, 0.25) is 15.1 Å². The highest BCUT2D eigenvalue weighted by Crippen LogP contribution is 2.46. The molecule has 1 saturated carbocycles. The van der Waals surface area contributed by atoms with Crippen molar-refractivity contribution in [3.63, 3.8) is 0 Å². The zero-order valence-corrected chi connectivity index (χ0v) is 19.8. The average molecular weight is 537 g/mol. The number of benzene rings is 1. The third kappa shape index (κ3) is 5.79. The number of hydrogen-bond donors (Lipinski definition) is 1. The van der Waals surface area contributed by atoms with Crippen molar-refractivity contribution in [2.75, 3.05) is 6.54 Å². The fraction of sp³-hybridized carbons (Fsp3) is 0.381. The van der Waals surface area contributed by atoms with Crippen LogP contribution in [0.1, 0.15) is 47.1 Å². The van der Waals surface area contributed by atoms with Crippen molar-refractivity contribution in [2.45, 2.75) is 44.6 Å². The van der Waals surface area contributed by atoms with Crippen LogP contribution in [0.5, 0.6) is 5.75 Å². The van der Waals surface area contributed by atoms with E-state index in [1.54, 1.807) is 24.4 Å². The maximum absolute atomic E-state index is 13.1. The van der Waals surface area contributed by atoms with E-state index in [0.717, 1.165) is 12.8 Å². The molecule has 0 bridgehead atoms. The molecule has 1 aromatic carbocycles. The van der Waals surface area contributed by atoms with Gasteiger partial charge in [-0.3, -0.25) is 9.48 Å². The van der Waals surface area contributed by atoms with E-state index in [9.17, 15) is 18.0 Å². The highest BCUT2D eigenvalue weighted by Gasteiger charge is 2.41. The molecule has 1 N–H and O–H groups in total. The summed E-state index contributed by atoms with van der Waals surface area (Å²) in [4.78, 5) is 12.4. The fourth-order valence-electron chi connectivity index (χ4n) is 3.36. The van der Waals surface area contributed by atoms with Crippen LogP contribution in [0.3, 0.4) is 0 Å². The molecule has 34 heavy (non-hydrogen) atoms. The second-order valence-electron chi connectivity index (χ2n) is 7.74. The summed E-state index contributed by atoms with van der Waals surface area (Å²) < 4.78 is 47.7. The molecule has 1 amide bonds. The van der Waals surface area contributed by atoms with Gasteiger partial charge in [0.15, 0.2) is 12.4 Å². The molecular formula is C21H19Cl3F3N5O2. The molecule has 3 aromatic rings. The van der Waals surface area contributed by atoms with Crippen LogP contribution in [0.4, 0.5) is 13.2 Å². The number of nitrogens with one attached hydrogen (secondary N) is 1. The predicted molar refractivity (Wildman–Crippen MR) is 120 cm³/mol. The van der Waals surface area contributed by atoms with Gasteiger partial charge in [0, 0.05) is 30.2 Å². The highest BCUT2D eigenvalue weighted by molar-refractivity contribution is 6.35. The zero-order chi connectivity index (χ0) is 24.5. The van der Waals surface area contributed by atoms with E-state index in [1.165, 1.54) is 15.4 Å². The Labute approximate surface area is 207 Å². The number of carbonyl (C=O) groups excluding carboxylic acids is 1. The molecular weight excluding hydrogens is 518 g/mol. The molecule has 2 heterocycles. The number of nitrogens with zero attached hydrogens (tertiary/aromatic N) is 4. The maximum Gasteiger partial charge on any atom is 0.436 e. The van der Waals surface area contributed by atoms with Crippen LogP contribution in [-0.2, 0) is 19.5 Å². The Morgan fingerprint density at radius 2 is 1.94 bits per heavy atom. The van der Waals surface area contributed by atoms with Crippen LogP contribution in [0.25, 0.3) is 0 Å². The van der Waals surface area contributed by atoms with Gasteiger partial charge >= 0.3 is 6.18 Å². The molecule has 2 aromatic heterocycles. The van der Waals surface area contributed by atoms with Crippen molar-refractivity contribution in [1.82, 2.24) is 24.9 Å². The molecule has 0 saturated heterocycles. The number of amides is 1. The van der Waals surface area contributed by atoms with Gasteiger partial charge in [-0.15, -0.1) is 0 Å². The van der Waals surface area contributed by atoms with Gasteiger partial charge in [-0.1, -0.05) is 34.8 Å². The average Bonchev–Trinajstić information content (AvgIpc) is 3.37. The molecule has 7 nitrogen and oxygen atoms in total. The molecule has 0 radical (unpaired) electrons. The first-order valence-electron chi connectivity index (χ1n) is 10.4. The van der Waals surface area contributed by atoms with E-state index in [1.807, 2.05) is 0 Å². The molecule has 1 aliphatic carbocycles. The Bertz CT molecular complexity index is 1190. The van der Waals surface area contributed by atoms with Crippen LogP contribution in [0.15, 0.2) is 30.5 Å². The smallest absolute Gasteiger partial charge is 0.436 e. The number of aryl methyl sites for hydroxylation is 1. The van der Waals surface area contributed by atoms with Crippen molar-refractivity contribution >= 4 is 40.7 Å². The van der Waals surface area contributed by atoms with Gasteiger partial charge in [0.1, 0.15) is 11.4 Å². The van der Waals surface area contributed by atoms with E-state index >= 15 is 0 Å². The van der Waals surface area contributed by atoms with Crippen molar-refractivity contribution in [1.29, 1.82) is 0 Å². The lowest BCUT2D eigenvalue weighted by molar-refractivity contribution is -0.141. The first kappa shape index (κ1) is 24.7. The number of halogens is 6. The molecule has 1 aliphatic rings. The first-order valence-corrected chi connectivity index (χ1v) is 11.5. The molecule has 4 rings (SSSR count). The van der Waals surface area contributed by atoms with Crippen molar-refractivity contribution < 1.29 is 22.7 Å². The van der Waals surface area contributed by atoms with Crippen LogP contribution < -0.4 is 10.1 Å². The summed E-state index contributed by atoms with van der Waals surface area (Å²) >= 11 is 17.9. The summed E-state index contributed by atoms with van der Waals surface area (Å²) in [7, 11) is 0. The topological polar surface area (TPSA) is 74.0 Å². The minimum atomic E-state index is -4.61. The van der Waals surface area contributed by atoms with E-state index in [4.69, 9.17) is 39.5 Å². The molecule has 13 heteroatoms. The number of hydrogen-bond acceptors (Lipinski definition) is 4. The summed E-state index contributed by atoms with van der Waals surface area (Å²) in [6, 6.07) is 6.34. The Morgan fingerprint density at radius 1 is 1.18 bits per heavy atom. The Kier molecular flexibility index (Phi) is 7.30. The first-order chi connectivity index (χ1) is 16.1. The third-order valence-electron chi connectivity index (χ3n) is 5.12. The second-order valence-corrected chi connectivity index (χ2v) is 8.96. The van der Waals surface area contributed by atoms with Gasteiger partial charge in [-0.25, -0.2) is 4.68 Å². The maximum atomic E-state index is 13.1. The van der Waals surface area contributed by atoms with E-state index in [2.05, 4.69) is 15.5 Å². The molecule has 0 aliphatic heterocycles. The standard InChI is InChI=1S/C21H19Cl3F3N5O2/c22-13-4-5-16(14(23)10-13)34-11-31-9-6-15(29-31)20(33)28-7-1-8-32-18(12-2-3-12)17(24)19(30-32)21(25,26)27/h4-6,9-10,12H,1-3,7-8,11H2,(H,28,33). The monoisotopic (exact) mass is 535 g/mol. The van der Waals surface area contributed by atoms with Crippen molar-refractivity contribution in [3.8, 4) is 5.75 Å². The highest BCUT2D eigenvalue weighted by atomic mass is 35.5. The summed E-state index contributed by atoms with van der Waals surface area (Å²) in [5, 5.41) is 11.0. The fourth-order valence-corrected chi connectivity index (χ4v) is 4.22. The second kappa shape index (κ2) is 10.1. The van der Waals surface area contributed by atoms with Crippen LogP contribution in [0, 0.1) is 0 Å². The minimum Gasteiger partial charge on any atom is -0.470 e. The third-order valence-corrected chi connectivity index (χ3v) is 6.02. The van der Waals surface area contributed by atoms with Crippen molar-refractivity contribution in [2.24, 2.45) is 0 Å². The van der Waals surface area contributed by atoms with E-state index < -0.39 is 17.8 Å². The van der Waals surface area contributed by atoms with Gasteiger partial charge in [-0.2, -0.15) is 23.4 Å². The number of alkyl halides is 3. The molecule has 1 fully saturated rings. The molecule has 0 unspecified atom stereocenters. The van der Waals surface area contributed by atoms with Crippen LogP contribution in [-0.4, -0.2) is 32.0 Å². The normalized spacial score (nSPS) is 13.8. The summed E-state index contributed by atoms with van der Waals surface area (Å²) in [5.41, 5.74) is -0.474. The largest absolute Gasteiger partial charge is 0.470 e. The van der Waals surface area contributed by atoms with E-state index in [-0.39, 0.29) is 36.5 Å². The summed E-state index contributed by atoms with van der Waals surface area (Å²) in [6.07, 6.45) is -1.08. The number of rotatable bonds is 9. The number of carbonyl (C=O) groups is 1. The lowest BCUT2D eigenvalue weighted by Gasteiger charge is -2.08. The lowest BCUT2D eigenvalue weighted by Crippen LogP contribution is -2.26. The summed E-state index contributed by atoms with van der Waals surface area (Å²) in [5.74, 6) is 0.00494. The van der Waals surface area contributed by atoms with Gasteiger partial charge in [0.25, 0.3) is 5.91 Å². The number of aromatic nitrogens is 4. The zero-order valence-electron chi connectivity index (χ0n) is 17.6. The Hall–Kier alpha value is -2.43. The quantitative estimate of drug-likeness (QED) is 0.351. The van der Waals surface area contributed by atoms with Crippen molar-refractivity contribution in [3.05, 3.63) is 62.6 Å².